The third-order valence-electron chi connectivity index (χ3n) is 4.58. The SMILES string of the molecule is O=C1NC(=S)N(c2ccc(Cl)cc2)C(=O)C1=Cc1ccc(COc2ccc([N+](=O)[O-])cc2)o1. The van der Waals surface area contributed by atoms with Crippen LogP contribution in [0.5, 0.6) is 5.75 Å². The molecule has 0 aliphatic carbocycles. The molecule has 11 heteroatoms. The molecule has 1 aliphatic rings. The maximum absolute atomic E-state index is 13.0. The lowest BCUT2D eigenvalue weighted by atomic mass is 10.1. The Morgan fingerprint density at radius 2 is 1.79 bits per heavy atom. The van der Waals surface area contributed by atoms with Gasteiger partial charge < -0.3 is 9.15 Å². The Balaban J connectivity index is 1.49. The molecule has 166 valence electrons. The third-order valence-corrected chi connectivity index (χ3v) is 5.12. The van der Waals surface area contributed by atoms with Crippen LogP contribution in [-0.4, -0.2) is 21.9 Å². The van der Waals surface area contributed by atoms with Crippen LogP contribution in [0.1, 0.15) is 11.5 Å². The lowest BCUT2D eigenvalue weighted by Gasteiger charge is -2.28. The Morgan fingerprint density at radius 1 is 1.09 bits per heavy atom. The monoisotopic (exact) mass is 483 g/mol. The number of rotatable bonds is 6. The summed E-state index contributed by atoms with van der Waals surface area (Å²) in [6.07, 6.45) is 1.32. The van der Waals surface area contributed by atoms with Gasteiger partial charge in [-0.1, -0.05) is 11.6 Å². The quantitative estimate of drug-likeness (QED) is 0.183. The van der Waals surface area contributed by atoms with Crippen molar-refractivity contribution in [1.29, 1.82) is 0 Å². The maximum atomic E-state index is 13.0. The van der Waals surface area contributed by atoms with E-state index in [0.29, 0.717) is 22.2 Å². The van der Waals surface area contributed by atoms with E-state index in [1.54, 1.807) is 36.4 Å². The number of non-ortho nitro benzene ring substituents is 1. The van der Waals surface area contributed by atoms with E-state index in [-0.39, 0.29) is 28.7 Å². The summed E-state index contributed by atoms with van der Waals surface area (Å²) in [5.74, 6) is -0.138. The molecular weight excluding hydrogens is 470 g/mol. The van der Waals surface area contributed by atoms with E-state index in [0.717, 1.165) is 0 Å². The third kappa shape index (κ3) is 4.92. The first-order chi connectivity index (χ1) is 15.8. The van der Waals surface area contributed by atoms with Crippen molar-refractivity contribution in [2.75, 3.05) is 4.90 Å². The number of carbonyl (C=O) groups is 2. The van der Waals surface area contributed by atoms with E-state index in [1.807, 2.05) is 0 Å². The molecule has 2 heterocycles. The Hall–Kier alpha value is -4.02. The first-order valence-electron chi connectivity index (χ1n) is 9.45. The lowest BCUT2D eigenvalue weighted by molar-refractivity contribution is -0.384. The number of nitrogens with zero attached hydrogens (tertiary/aromatic N) is 2. The van der Waals surface area contributed by atoms with Crippen LogP contribution in [0.4, 0.5) is 11.4 Å². The van der Waals surface area contributed by atoms with Crippen molar-refractivity contribution < 1.29 is 23.7 Å². The normalized spacial score (nSPS) is 15.0. The number of hydrogen-bond acceptors (Lipinski definition) is 7. The second kappa shape index (κ2) is 9.23. The topological polar surface area (TPSA) is 115 Å². The number of furan rings is 1. The first-order valence-corrected chi connectivity index (χ1v) is 10.2. The molecule has 4 rings (SSSR count). The van der Waals surface area contributed by atoms with Crippen molar-refractivity contribution in [2.45, 2.75) is 6.61 Å². The first kappa shape index (κ1) is 22.2. The zero-order chi connectivity index (χ0) is 23.5. The summed E-state index contributed by atoms with van der Waals surface area (Å²) in [4.78, 5) is 36.8. The highest BCUT2D eigenvalue weighted by molar-refractivity contribution is 7.80. The molecule has 1 N–H and O–H groups in total. The minimum atomic E-state index is -0.643. The number of anilines is 1. The zero-order valence-corrected chi connectivity index (χ0v) is 18.3. The zero-order valence-electron chi connectivity index (χ0n) is 16.7. The van der Waals surface area contributed by atoms with Gasteiger partial charge in [-0.3, -0.25) is 29.9 Å². The van der Waals surface area contributed by atoms with Crippen molar-refractivity contribution in [3.05, 3.63) is 92.9 Å². The standard InChI is InChI=1S/C22H14ClN3O6S/c23-13-1-3-14(4-2-13)25-21(28)19(20(27)24-22(25)33)11-17-9-10-18(32-17)12-31-16-7-5-15(6-8-16)26(29)30/h1-11H,12H2,(H,24,27,33). The summed E-state index contributed by atoms with van der Waals surface area (Å²) in [6.45, 7) is 0.0438. The molecule has 3 aromatic rings. The van der Waals surface area contributed by atoms with Crippen LogP contribution in [0.3, 0.4) is 0 Å². The van der Waals surface area contributed by atoms with Gasteiger partial charge >= 0.3 is 0 Å². The van der Waals surface area contributed by atoms with E-state index < -0.39 is 16.7 Å². The van der Waals surface area contributed by atoms with Crippen LogP contribution in [0.2, 0.25) is 5.02 Å². The smallest absolute Gasteiger partial charge is 0.270 e. The highest BCUT2D eigenvalue weighted by Crippen LogP contribution is 2.24. The molecule has 1 fully saturated rings. The minimum absolute atomic E-state index is 0.0406. The van der Waals surface area contributed by atoms with Crippen molar-refractivity contribution in [3.8, 4) is 5.75 Å². The number of nitrogens with one attached hydrogen (secondary N) is 1. The van der Waals surface area contributed by atoms with E-state index >= 15 is 0 Å². The molecule has 0 spiro atoms. The van der Waals surface area contributed by atoms with Gasteiger partial charge in [-0.25, -0.2) is 0 Å². The number of halogens is 1. The van der Waals surface area contributed by atoms with Crippen LogP contribution in [0, 0.1) is 10.1 Å². The van der Waals surface area contributed by atoms with Crippen molar-refractivity contribution in [2.24, 2.45) is 0 Å². The lowest BCUT2D eigenvalue weighted by Crippen LogP contribution is -2.54. The molecule has 0 radical (unpaired) electrons. The fraction of sp³-hybridized carbons (Fsp3) is 0.0455. The Morgan fingerprint density at radius 3 is 2.45 bits per heavy atom. The van der Waals surface area contributed by atoms with E-state index in [4.69, 9.17) is 33.0 Å². The molecule has 33 heavy (non-hydrogen) atoms. The van der Waals surface area contributed by atoms with Crippen molar-refractivity contribution >= 4 is 58.2 Å². The van der Waals surface area contributed by atoms with Crippen LogP contribution in [0.15, 0.2) is 70.7 Å². The van der Waals surface area contributed by atoms with Gasteiger partial charge in [0.1, 0.15) is 29.4 Å². The van der Waals surface area contributed by atoms with Crippen molar-refractivity contribution in [3.63, 3.8) is 0 Å². The Kier molecular flexibility index (Phi) is 6.20. The van der Waals surface area contributed by atoms with Gasteiger partial charge in [-0.05, 0) is 66.8 Å². The molecule has 9 nitrogen and oxygen atoms in total. The van der Waals surface area contributed by atoms with Gasteiger partial charge in [0.25, 0.3) is 17.5 Å². The van der Waals surface area contributed by atoms with Crippen LogP contribution < -0.4 is 15.0 Å². The highest BCUT2D eigenvalue weighted by Gasteiger charge is 2.34. The van der Waals surface area contributed by atoms with E-state index in [2.05, 4.69) is 5.32 Å². The predicted octanol–water partition coefficient (Wildman–Crippen LogP) is 4.25. The van der Waals surface area contributed by atoms with Gasteiger partial charge in [0.2, 0.25) is 0 Å². The summed E-state index contributed by atoms with van der Waals surface area (Å²) < 4.78 is 11.2. The summed E-state index contributed by atoms with van der Waals surface area (Å²) in [7, 11) is 0. The fourth-order valence-electron chi connectivity index (χ4n) is 2.99. The highest BCUT2D eigenvalue weighted by atomic mass is 35.5. The Bertz CT molecular complexity index is 1280. The summed E-state index contributed by atoms with van der Waals surface area (Å²) in [6, 6.07) is 15.3. The molecule has 1 aliphatic heterocycles. The van der Waals surface area contributed by atoms with Crippen LogP contribution in [-0.2, 0) is 16.2 Å². The molecule has 1 saturated heterocycles. The Labute approximate surface area is 197 Å². The summed E-state index contributed by atoms with van der Waals surface area (Å²) in [5.41, 5.74) is 0.254. The predicted molar refractivity (Wildman–Crippen MR) is 124 cm³/mol. The average molecular weight is 484 g/mol. The van der Waals surface area contributed by atoms with Crippen molar-refractivity contribution in [1.82, 2.24) is 5.32 Å². The largest absolute Gasteiger partial charge is 0.486 e. The van der Waals surface area contributed by atoms with E-state index in [9.17, 15) is 19.7 Å². The number of nitro groups is 1. The van der Waals surface area contributed by atoms with E-state index in [1.165, 1.54) is 35.2 Å². The maximum Gasteiger partial charge on any atom is 0.270 e. The molecule has 2 aromatic carbocycles. The number of nitro benzene ring substituents is 1. The second-order valence-electron chi connectivity index (χ2n) is 6.78. The second-order valence-corrected chi connectivity index (χ2v) is 7.60. The molecule has 0 unspecified atom stereocenters. The molecule has 1 aromatic heterocycles. The van der Waals surface area contributed by atoms with Crippen LogP contribution in [0.25, 0.3) is 6.08 Å². The number of ether oxygens (including phenoxy) is 1. The van der Waals surface area contributed by atoms with Gasteiger partial charge in [-0.2, -0.15) is 0 Å². The van der Waals surface area contributed by atoms with Gasteiger partial charge in [-0.15, -0.1) is 0 Å². The number of amides is 2. The van der Waals surface area contributed by atoms with Gasteiger partial charge in [0, 0.05) is 17.2 Å². The molecule has 0 saturated carbocycles. The molecule has 0 atom stereocenters. The fourth-order valence-corrected chi connectivity index (χ4v) is 3.40. The number of thiocarbonyl (C=S) groups is 1. The number of carbonyl (C=O) groups excluding carboxylic acids is 2. The molecular formula is C22H14ClN3O6S. The number of hydrogen-bond donors (Lipinski definition) is 1. The summed E-state index contributed by atoms with van der Waals surface area (Å²) in [5, 5.41) is 13.7. The molecule has 0 bridgehead atoms. The minimum Gasteiger partial charge on any atom is -0.486 e. The average Bonchev–Trinajstić information content (AvgIpc) is 3.24. The van der Waals surface area contributed by atoms with Gasteiger partial charge in [0.05, 0.1) is 10.6 Å². The van der Waals surface area contributed by atoms with Gasteiger partial charge in [0.15, 0.2) is 5.11 Å². The summed E-state index contributed by atoms with van der Waals surface area (Å²) >= 11 is 11.1. The number of benzene rings is 2. The van der Waals surface area contributed by atoms with Crippen LogP contribution >= 0.6 is 23.8 Å². The molecule has 2 amide bonds.